The molecule has 96 heavy (non-hydrogen) atoms. The summed E-state index contributed by atoms with van der Waals surface area (Å²) in [5.74, 6) is -3.13. The van der Waals surface area contributed by atoms with Crippen molar-refractivity contribution in [3.63, 3.8) is 0 Å². The number of amides is 8. The van der Waals surface area contributed by atoms with Gasteiger partial charge in [-0.2, -0.15) is 0 Å². The Morgan fingerprint density at radius 1 is 0.385 bits per heavy atom. The van der Waals surface area contributed by atoms with Crippen LogP contribution in [0.1, 0.15) is 132 Å². The first-order valence-electron chi connectivity index (χ1n) is 33.1. The van der Waals surface area contributed by atoms with Crippen molar-refractivity contribution < 1.29 is 57.3 Å². The van der Waals surface area contributed by atoms with Crippen LogP contribution in [0.4, 0.5) is 0 Å². The zero-order valence-corrected chi connectivity index (χ0v) is 53.7. The van der Waals surface area contributed by atoms with E-state index in [1.54, 1.807) is 135 Å². The molecule has 2 aliphatic heterocycles. The molecule has 4 aliphatic rings. The van der Waals surface area contributed by atoms with Crippen molar-refractivity contribution in [2.24, 2.45) is 11.8 Å². The van der Waals surface area contributed by atoms with Crippen LogP contribution in [0.15, 0.2) is 170 Å². The lowest BCUT2D eigenvalue weighted by Crippen LogP contribution is -2.55. The Hall–Kier alpha value is -10.9. The monoisotopic (exact) mass is 1290 g/mol. The van der Waals surface area contributed by atoms with Crippen molar-refractivity contribution in [3.8, 4) is 46.0 Å². The third-order valence-electron chi connectivity index (χ3n) is 18.8. The number of hydrogen-bond acceptors (Lipinski definition) is 12. The number of ether oxygens (including phenoxy) is 4. The fraction of sp³-hybridized carbons (Fsp3) is 0.282. The van der Waals surface area contributed by atoms with E-state index < -0.39 is 47.5 Å². The summed E-state index contributed by atoms with van der Waals surface area (Å²) in [6.45, 7) is 10.7. The highest BCUT2D eigenvalue weighted by molar-refractivity contribution is 6.45. The number of fused-ring (bicyclic) bond motifs is 2. The lowest BCUT2D eigenvalue weighted by atomic mass is 9.79. The Morgan fingerprint density at radius 3 is 0.906 bits per heavy atom. The number of nitrogens with one attached hydrogen (secondary N) is 4. The minimum atomic E-state index is -1.30. The summed E-state index contributed by atoms with van der Waals surface area (Å²) >= 11 is 0. The van der Waals surface area contributed by atoms with Crippen molar-refractivity contribution in [1.29, 1.82) is 0 Å². The molecule has 0 aromatic heterocycles. The van der Waals surface area contributed by atoms with Crippen LogP contribution in [0.5, 0.6) is 46.0 Å². The fourth-order valence-corrected chi connectivity index (χ4v) is 14.3. The minimum Gasteiger partial charge on any atom is -0.457 e. The number of para-hydroxylation sites is 4. The Kier molecular flexibility index (Phi) is 18.4. The second kappa shape index (κ2) is 27.6. The van der Waals surface area contributed by atoms with Crippen LogP contribution in [-0.2, 0) is 19.2 Å². The van der Waals surface area contributed by atoms with E-state index in [9.17, 15) is 19.2 Å². The summed E-state index contributed by atoms with van der Waals surface area (Å²) in [7, 11) is 0. The first kappa shape index (κ1) is 63.9. The molecule has 4 N–H and O–H groups in total. The molecule has 0 spiro atoms. The van der Waals surface area contributed by atoms with Crippen LogP contribution in [0.3, 0.4) is 0 Å². The van der Waals surface area contributed by atoms with Crippen LogP contribution in [0, 0.1) is 11.8 Å². The van der Waals surface area contributed by atoms with Gasteiger partial charge in [-0.05, 0) is 111 Å². The van der Waals surface area contributed by atoms with E-state index in [0.717, 1.165) is 74.0 Å². The summed E-state index contributed by atoms with van der Waals surface area (Å²) in [6.07, 6.45) is 9.22. The van der Waals surface area contributed by atoms with E-state index >= 15 is 19.2 Å². The average molecular weight is 1290 g/mol. The van der Waals surface area contributed by atoms with E-state index in [2.05, 4.69) is 34.4 Å². The van der Waals surface area contributed by atoms with Gasteiger partial charge in [-0.1, -0.05) is 150 Å². The predicted molar refractivity (Wildman–Crippen MR) is 366 cm³/mol. The summed E-state index contributed by atoms with van der Waals surface area (Å²) in [4.78, 5) is 122. The molecular weight excluding hydrogens is 1210 g/mol. The zero-order chi connectivity index (χ0) is 66.7. The number of rotatable bonds is 24. The number of imide groups is 2. The molecule has 8 amide bonds. The average Bonchev–Trinajstić information content (AvgIpc) is 0.665. The molecule has 2 heterocycles. The molecule has 18 nitrogen and oxygen atoms in total. The number of benzene rings is 9. The quantitative estimate of drug-likeness (QED) is 0.0146. The van der Waals surface area contributed by atoms with Crippen molar-refractivity contribution >= 4 is 90.3 Å². The third-order valence-corrected chi connectivity index (χ3v) is 18.8. The Labute approximate surface area is 555 Å². The van der Waals surface area contributed by atoms with Gasteiger partial charge in [0.2, 0.25) is 23.6 Å². The highest BCUT2D eigenvalue weighted by Crippen LogP contribution is 2.58. The van der Waals surface area contributed by atoms with E-state index in [0.29, 0.717) is 66.5 Å². The van der Waals surface area contributed by atoms with Crippen molar-refractivity contribution in [2.45, 2.75) is 103 Å². The molecule has 9 aromatic carbocycles. The van der Waals surface area contributed by atoms with Crippen LogP contribution in [0.2, 0.25) is 0 Å². The molecule has 13 rings (SSSR count). The highest BCUT2D eigenvalue weighted by Gasteiger charge is 2.47. The van der Waals surface area contributed by atoms with E-state index in [1.165, 1.54) is 0 Å². The van der Waals surface area contributed by atoms with Crippen molar-refractivity contribution in [2.75, 3.05) is 26.2 Å². The minimum absolute atomic E-state index is 0.00251. The van der Waals surface area contributed by atoms with Gasteiger partial charge < -0.3 is 40.2 Å². The standard InChI is InChI=1S/C78H74N6O12/c1-45(2)71(85)79-35-37-81-73(87)57(39-47-23-11-5-12-24-47)83-75(89)53-41-59(93-49-27-15-7-16-28-49)65-67-61(95-51-31-19-9-20-32-51)43-55-64-56(78(92)84(77(55)91)58(40-48-25-13-6-14-26-48)74(88)82-38-36-80-72(86)46(3)4)44-62(96-52-33-21-10-22-34-52)68(70(64)67)66-60(94-50-29-17-8-18-30-50)42-54(76(83)90)63(53)69(65)66/h7-10,15-22,27-34,41-44,47-48,57-58H,1,3,5-6,11-14,23-26,35-40H2,2,4H3,(H,79,85)(H,80,86)(H,81,87)(H,82,88). The van der Waals surface area contributed by atoms with Gasteiger partial charge >= 0.3 is 0 Å². The maximum absolute atomic E-state index is 16.2. The maximum Gasteiger partial charge on any atom is 0.262 e. The van der Waals surface area contributed by atoms with Crippen molar-refractivity contribution in [3.05, 3.63) is 192 Å². The van der Waals surface area contributed by atoms with Crippen LogP contribution < -0.4 is 40.2 Å². The van der Waals surface area contributed by atoms with Gasteiger partial charge in [0, 0.05) is 80.4 Å². The normalized spacial score (nSPS) is 15.6. The molecule has 18 heteroatoms. The van der Waals surface area contributed by atoms with Crippen molar-refractivity contribution in [1.82, 2.24) is 31.1 Å². The van der Waals surface area contributed by atoms with Gasteiger partial charge in [-0.3, -0.25) is 48.2 Å². The first-order chi connectivity index (χ1) is 46.6. The maximum atomic E-state index is 16.2. The second-order valence-electron chi connectivity index (χ2n) is 25.5. The molecule has 2 atom stereocenters. The van der Waals surface area contributed by atoms with Gasteiger partial charge in [0.1, 0.15) is 58.1 Å². The smallest absolute Gasteiger partial charge is 0.262 e. The van der Waals surface area contributed by atoms with Gasteiger partial charge in [0.25, 0.3) is 23.6 Å². The van der Waals surface area contributed by atoms with E-state index in [1.807, 2.05) is 24.3 Å². The molecule has 9 aromatic rings. The topological polar surface area (TPSA) is 228 Å². The van der Waals surface area contributed by atoms with Gasteiger partial charge in [-0.15, -0.1) is 0 Å². The summed E-state index contributed by atoms with van der Waals surface area (Å²) in [6, 6.07) is 39.6. The Morgan fingerprint density at radius 2 is 0.646 bits per heavy atom. The first-order valence-corrected chi connectivity index (χ1v) is 33.1. The number of carbonyl (C=O) groups is 8. The molecule has 0 radical (unpaired) electrons. The molecule has 2 fully saturated rings. The third kappa shape index (κ3) is 12.6. The molecule has 0 bridgehead atoms. The SMILES string of the molecule is C=C(C)C(=O)NCCNC(=O)C(CC1CCCCC1)N1C(=O)c2cc(Oc3ccccc3)c3c4c(Oc5ccccc5)cc5c6c(cc(Oc7ccccc7)c(c7c(Oc8ccccc8)cc(c2c37)C1=O)c64)C(=O)N(C(CC1CCCCC1)C(=O)NCCNC(=O)C(=C)C)C5=O. The molecule has 2 saturated carbocycles. The Balaban J connectivity index is 1.11. The van der Waals surface area contributed by atoms with Gasteiger partial charge in [0.15, 0.2) is 0 Å². The van der Waals surface area contributed by atoms with E-state index in [-0.39, 0.29) is 119 Å². The molecular formula is C78H74N6O12. The largest absolute Gasteiger partial charge is 0.457 e. The lowest BCUT2D eigenvalue weighted by Gasteiger charge is -2.37. The second-order valence-corrected chi connectivity index (χ2v) is 25.5. The predicted octanol–water partition coefficient (Wildman–Crippen LogP) is 14.4. The van der Waals surface area contributed by atoms with E-state index in [4.69, 9.17) is 18.9 Å². The van der Waals surface area contributed by atoms with Gasteiger partial charge in [-0.25, -0.2) is 0 Å². The molecule has 0 saturated heterocycles. The number of carbonyl (C=O) groups excluding carboxylic acids is 8. The van der Waals surface area contributed by atoms with Gasteiger partial charge in [0.05, 0.1) is 22.3 Å². The summed E-state index contributed by atoms with van der Waals surface area (Å²) in [5.41, 5.74) is 0.715. The lowest BCUT2D eigenvalue weighted by molar-refractivity contribution is -0.126. The van der Waals surface area contributed by atoms with Crippen LogP contribution in [-0.4, -0.2) is 95.3 Å². The number of hydrogen-bond donors (Lipinski definition) is 4. The summed E-state index contributed by atoms with van der Waals surface area (Å²) in [5, 5.41) is 13.6. The Bertz CT molecular complexity index is 4080. The van der Waals surface area contributed by atoms with Crippen LogP contribution >= 0.6 is 0 Å². The molecule has 2 unspecified atom stereocenters. The molecule has 488 valence electrons. The number of nitrogens with zero attached hydrogens (tertiary/aromatic N) is 2. The highest BCUT2D eigenvalue weighted by atomic mass is 16.5. The molecule has 2 aliphatic carbocycles. The fourth-order valence-electron chi connectivity index (χ4n) is 14.3. The van der Waals surface area contributed by atoms with Crippen LogP contribution in [0.25, 0.3) is 43.1 Å². The zero-order valence-electron chi connectivity index (χ0n) is 53.7. The summed E-state index contributed by atoms with van der Waals surface area (Å²) < 4.78 is 28.5.